The van der Waals surface area contributed by atoms with Gasteiger partial charge in [0.2, 0.25) is 10.0 Å². The van der Waals surface area contributed by atoms with Crippen molar-refractivity contribution in [3.8, 4) is 0 Å². The zero-order valence-electron chi connectivity index (χ0n) is 9.40. The summed E-state index contributed by atoms with van der Waals surface area (Å²) in [4.78, 5) is 0. The highest BCUT2D eigenvalue weighted by atomic mass is 35.5. The second-order valence-electron chi connectivity index (χ2n) is 4.15. The van der Waals surface area contributed by atoms with E-state index in [4.69, 9.17) is 16.7 Å². The maximum atomic E-state index is 11.5. The molecule has 5 heteroatoms. The van der Waals surface area contributed by atoms with Crippen LogP contribution >= 0.6 is 11.6 Å². The molecule has 1 atom stereocenters. The molecule has 0 aliphatic carbocycles. The van der Waals surface area contributed by atoms with Crippen molar-refractivity contribution in [2.24, 2.45) is 5.14 Å². The summed E-state index contributed by atoms with van der Waals surface area (Å²) in [5, 5.41) is 5.89. The zero-order valence-corrected chi connectivity index (χ0v) is 11.0. The molecule has 2 N–H and O–H groups in total. The molecule has 0 amide bonds. The highest BCUT2D eigenvalue weighted by Gasteiger charge is 2.34. The predicted molar refractivity (Wildman–Crippen MR) is 67.0 cm³/mol. The summed E-state index contributed by atoms with van der Waals surface area (Å²) in [7, 11) is -3.56. The first-order chi connectivity index (χ1) is 7.28. The number of hydrogen-bond acceptors (Lipinski definition) is 2. The molecule has 0 fully saturated rings. The van der Waals surface area contributed by atoms with E-state index < -0.39 is 14.8 Å². The zero-order chi connectivity index (χ0) is 12.4. The Morgan fingerprint density at radius 1 is 1.31 bits per heavy atom. The van der Waals surface area contributed by atoms with Gasteiger partial charge in [-0.1, -0.05) is 30.7 Å². The SMILES string of the molecule is CCC(C)(Cc1ccc(Cl)cc1)S(N)(=O)=O. The molecule has 1 aromatic carbocycles. The van der Waals surface area contributed by atoms with Gasteiger partial charge in [-0.15, -0.1) is 0 Å². The first-order valence-electron chi connectivity index (χ1n) is 5.05. The first kappa shape index (κ1) is 13.5. The van der Waals surface area contributed by atoms with E-state index in [2.05, 4.69) is 0 Å². The van der Waals surface area contributed by atoms with Crippen LogP contribution in [-0.2, 0) is 16.4 Å². The molecule has 0 heterocycles. The molecular formula is C11H16ClNO2S. The van der Waals surface area contributed by atoms with Gasteiger partial charge in [0.15, 0.2) is 0 Å². The van der Waals surface area contributed by atoms with Crippen LogP contribution in [0, 0.1) is 0 Å². The van der Waals surface area contributed by atoms with Crippen LogP contribution in [0.15, 0.2) is 24.3 Å². The molecule has 0 bridgehead atoms. The fraction of sp³-hybridized carbons (Fsp3) is 0.455. The Bertz CT molecular complexity index is 455. The van der Waals surface area contributed by atoms with Gasteiger partial charge in [-0.2, -0.15) is 0 Å². The fourth-order valence-corrected chi connectivity index (χ4v) is 2.36. The van der Waals surface area contributed by atoms with Crippen molar-refractivity contribution in [1.29, 1.82) is 0 Å². The van der Waals surface area contributed by atoms with Gasteiger partial charge in [0.1, 0.15) is 0 Å². The van der Waals surface area contributed by atoms with E-state index in [0.29, 0.717) is 17.9 Å². The number of halogens is 1. The summed E-state index contributed by atoms with van der Waals surface area (Å²) in [5.41, 5.74) is 0.919. The van der Waals surface area contributed by atoms with Gasteiger partial charge in [-0.3, -0.25) is 0 Å². The molecule has 0 aliphatic heterocycles. The lowest BCUT2D eigenvalue weighted by molar-refractivity contribution is 0.515. The van der Waals surface area contributed by atoms with Crippen LogP contribution in [0.4, 0.5) is 0 Å². The molecule has 0 aromatic heterocycles. The van der Waals surface area contributed by atoms with Crippen molar-refractivity contribution < 1.29 is 8.42 Å². The lowest BCUT2D eigenvalue weighted by Gasteiger charge is -2.25. The lowest BCUT2D eigenvalue weighted by atomic mass is 9.98. The lowest BCUT2D eigenvalue weighted by Crippen LogP contribution is -2.42. The minimum Gasteiger partial charge on any atom is -0.228 e. The molecule has 0 radical (unpaired) electrons. The number of rotatable bonds is 4. The van der Waals surface area contributed by atoms with E-state index in [-0.39, 0.29) is 0 Å². The molecule has 3 nitrogen and oxygen atoms in total. The van der Waals surface area contributed by atoms with Crippen LogP contribution in [0.3, 0.4) is 0 Å². The van der Waals surface area contributed by atoms with Crippen molar-refractivity contribution in [1.82, 2.24) is 0 Å². The monoisotopic (exact) mass is 261 g/mol. The van der Waals surface area contributed by atoms with E-state index in [1.54, 1.807) is 19.1 Å². The van der Waals surface area contributed by atoms with E-state index >= 15 is 0 Å². The molecule has 0 saturated carbocycles. The van der Waals surface area contributed by atoms with Crippen LogP contribution in [0.1, 0.15) is 25.8 Å². The van der Waals surface area contributed by atoms with Crippen LogP contribution in [0.25, 0.3) is 0 Å². The summed E-state index contributed by atoms with van der Waals surface area (Å²) in [6.45, 7) is 3.48. The Balaban J connectivity index is 2.99. The Kier molecular flexibility index (Phi) is 3.99. The molecule has 0 saturated heterocycles. The Labute approximate surface area is 102 Å². The van der Waals surface area contributed by atoms with Gasteiger partial charge in [-0.05, 0) is 37.5 Å². The highest BCUT2D eigenvalue weighted by Crippen LogP contribution is 2.24. The van der Waals surface area contributed by atoms with Gasteiger partial charge in [-0.25, -0.2) is 13.6 Å². The molecule has 0 aliphatic rings. The third kappa shape index (κ3) is 2.97. The molecule has 90 valence electrons. The molecular weight excluding hydrogens is 246 g/mol. The molecule has 1 rings (SSSR count). The minimum atomic E-state index is -3.56. The van der Waals surface area contributed by atoms with Gasteiger partial charge in [0.25, 0.3) is 0 Å². The molecule has 16 heavy (non-hydrogen) atoms. The van der Waals surface area contributed by atoms with E-state index in [1.807, 2.05) is 19.1 Å². The number of hydrogen-bond donors (Lipinski definition) is 1. The third-order valence-corrected chi connectivity index (χ3v) is 4.98. The average Bonchev–Trinajstić information content (AvgIpc) is 2.19. The standard InChI is InChI=1S/C11H16ClNO2S/c1-3-11(2,16(13,14)15)8-9-4-6-10(12)7-5-9/h4-7H,3,8H2,1-2H3,(H2,13,14,15). The maximum absolute atomic E-state index is 11.5. The number of nitrogens with two attached hydrogens (primary N) is 1. The van der Waals surface area contributed by atoms with Crippen LogP contribution in [0.2, 0.25) is 5.02 Å². The first-order valence-corrected chi connectivity index (χ1v) is 6.98. The van der Waals surface area contributed by atoms with E-state index in [9.17, 15) is 8.42 Å². The normalized spacial score (nSPS) is 15.8. The second-order valence-corrected chi connectivity index (χ2v) is 6.66. The van der Waals surface area contributed by atoms with Crippen molar-refractivity contribution in [2.75, 3.05) is 0 Å². The summed E-state index contributed by atoms with van der Waals surface area (Å²) < 4.78 is 22.1. The Hall–Kier alpha value is -0.580. The largest absolute Gasteiger partial charge is 0.228 e. The summed E-state index contributed by atoms with van der Waals surface area (Å²) >= 11 is 5.76. The topological polar surface area (TPSA) is 60.2 Å². The predicted octanol–water partition coefficient (Wildman–Crippen LogP) is 2.34. The third-order valence-electron chi connectivity index (χ3n) is 2.93. The van der Waals surface area contributed by atoms with Crippen molar-refractivity contribution in [3.05, 3.63) is 34.9 Å². The highest BCUT2D eigenvalue weighted by molar-refractivity contribution is 7.90. The summed E-state index contributed by atoms with van der Waals surface area (Å²) in [6, 6.07) is 7.13. The summed E-state index contributed by atoms with van der Waals surface area (Å²) in [6.07, 6.45) is 0.883. The van der Waals surface area contributed by atoms with Crippen LogP contribution < -0.4 is 5.14 Å². The average molecular weight is 262 g/mol. The molecule has 1 unspecified atom stereocenters. The molecule has 0 spiro atoms. The number of benzene rings is 1. The second kappa shape index (κ2) is 4.73. The summed E-state index contributed by atoms with van der Waals surface area (Å²) in [5.74, 6) is 0. The van der Waals surface area contributed by atoms with Crippen molar-refractivity contribution >= 4 is 21.6 Å². The van der Waals surface area contributed by atoms with Crippen LogP contribution in [-0.4, -0.2) is 13.2 Å². The number of primary sulfonamides is 1. The Morgan fingerprint density at radius 2 is 1.81 bits per heavy atom. The van der Waals surface area contributed by atoms with Crippen molar-refractivity contribution in [3.63, 3.8) is 0 Å². The van der Waals surface area contributed by atoms with Gasteiger partial charge in [0, 0.05) is 5.02 Å². The smallest absolute Gasteiger partial charge is 0.214 e. The van der Waals surface area contributed by atoms with E-state index in [0.717, 1.165) is 5.56 Å². The maximum Gasteiger partial charge on any atom is 0.214 e. The van der Waals surface area contributed by atoms with Crippen LogP contribution in [0.5, 0.6) is 0 Å². The van der Waals surface area contributed by atoms with E-state index in [1.165, 1.54) is 0 Å². The quantitative estimate of drug-likeness (QED) is 0.904. The van der Waals surface area contributed by atoms with Gasteiger partial charge in [0.05, 0.1) is 4.75 Å². The van der Waals surface area contributed by atoms with Crippen molar-refractivity contribution in [2.45, 2.75) is 31.4 Å². The Morgan fingerprint density at radius 3 is 2.19 bits per heavy atom. The molecule has 1 aromatic rings. The number of sulfonamides is 1. The van der Waals surface area contributed by atoms with Gasteiger partial charge >= 0.3 is 0 Å². The van der Waals surface area contributed by atoms with Gasteiger partial charge < -0.3 is 0 Å². The fourth-order valence-electron chi connectivity index (χ4n) is 1.46. The minimum absolute atomic E-state index is 0.402.